The lowest BCUT2D eigenvalue weighted by atomic mass is 9.86. The van der Waals surface area contributed by atoms with Gasteiger partial charge in [0.05, 0.1) is 0 Å². The third-order valence-electron chi connectivity index (χ3n) is 4.01. The van der Waals surface area contributed by atoms with Gasteiger partial charge < -0.3 is 21.2 Å². The molecule has 0 radical (unpaired) electrons. The maximum atomic E-state index is 8.69. The molecular formula is C14H30N4O. The number of nitrogens with zero attached hydrogens (tertiary/aromatic N) is 2. The van der Waals surface area contributed by atoms with E-state index in [1.165, 1.54) is 32.5 Å². The number of likely N-dealkylation sites (tertiary alicyclic amines) is 1. The third kappa shape index (κ3) is 6.25. The van der Waals surface area contributed by atoms with Gasteiger partial charge in [-0.3, -0.25) is 0 Å². The van der Waals surface area contributed by atoms with E-state index in [9.17, 15) is 0 Å². The zero-order valence-electron chi connectivity index (χ0n) is 12.5. The van der Waals surface area contributed by atoms with Crippen LogP contribution in [0, 0.1) is 5.41 Å². The van der Waals surface area contributed by atoms with Crippen molar-refractivity contribution in [1.29, 1.82) is 0 Å². The molecule has 1 heterocycles. The van der Waals surface area contributed by atoms with Crippen LogP contribution in [-0.4, -0.2) is 48.7 Å². The number of oxime groups is 1. The lowest BCUT2D eigenvalue weighted by molar-refractivity contribution is 0.304. The highest BCUT2D eigenvalue weighted by Crippen LogP contribution is 2.22. The Morgan fingerprint density at radius 2 is 1.95 bits per heavy atom. The van der Waals surface area contributed by atoms with Crippen molar-refractivity contribution in [3.05, 3.63) is 0 Å². The summed E-state index contributed by atoms with van der Waals surface area (Å²) in [4.78, 5) is 2.52. The van der Waals surface area contributed by atoms with Crippen LogP contribution in [0.3, 0.4) is 0 Å². The van der Waals surface area contributed by atoms with Crippen LogP contribution >= 0.6 is 0 Å². The Hall–Kier alpha value is -0.810. The fraction of sp³-hybridized carbons (Fsp3) is 0.929. The fourth-order valence-electron chi connectivity index (χ4n) is 2.45. The number of amidine groups is 1. The molecule has 0 spiro atoms. The monoisotopic (exact) mass is 270 g/mol. The standard InChI is InChI=1S/C14H30N4O/c1-14(2,13(15)17-19)7-3-4-8-16-9-12-18-10-5-6-11-18/h16,19H,3-12H2,1-2H3,(H2,15,17). The Bertz CT molecular complexity index is 273. The number of nitrogens with two attached hydrogens (primary N) is 1. The van der Waals surface area contributed by atoms with E-state index in [0.717, 1.165) is 32.4 Å². The SMILES string of the molecule is CC(C)(CCCCNCCN1CCCC1)C(N)=NO. The molecule has 1 rings (SSSR count). The van der Waals surface area contributed by atoms with Gasteiger partial charge in [-0.05, 0) is 45.3 Å². The average molecular weight is 270 g/mol. The minimum atomic E-state index is -0.204. The van der Waals surface area contributed by atoms with E-state index < -0.39 is 0 Å². The Kier molecular flexibility index (Phi) is 7.16. The number of unbranched alkanes of at least 4 members (excludes halogenated alkanes) is 1. The normalized spacial score (nSPS) is 18.1. The van der Waals surface area contributed by atoms with Crippen molar-refractivity contribution in [3.8, 4) is 0 Å². The maximum absolute atomic E-state index is 8.69. The Balaban J connectivity index is 1.96. The van der Waals surface area contributed by atoms with Crippen LogP contribution in [0.15, 0.2) is 5.16 Å². The van der Waals surface area contributed by atoms with E-state index in [-0.39, 0.29) is 5.41 Å². The maximum Gasteiger partial charge on any atom is 0.144 e. The largest absolute Gasteiger partial charge is 0.409 e. The van der Waals surface area contributed by atoms with Crippen molar-refractivity contribution >= 4 is 5.84 Å². The van der Waals surface area contributed by atoms with Crippen LogP contribution in [0.4, 0.5) is 0 Å². The number of rotatable bonds is 9. The zero-order chi connectivity index (χ0) is 14.1. The first-order chi connectivity index (χ1) is 9.06. The summed E-state index contributed by atoms with van der Waals surface area (Å²) in [6, 6.07) is 0. The second kappa shape index (κ2) is 8.38. The number of nitrogens with one attached hydrogen (secondary N) is 1. The van der Waals surface area contributed by atoms with Gasteiger partial charge in [-0.1, -0.05) is 25.4 Å². The topological polar surface area (TPSA) is 73.9 Å². The molecule has 5 heteroatoms. The summed E-state index contributed by atoms with van der Waals surface area (Å²) in [6.07, 6.45) is 5.92. The van der Waals surface area contributed by atoms with Crippen molar-refractivity contribution in [3.63, 3.8) is 0 Å². The summed E-state index contributed by atoms with van der Waals surface area (Å²) in [6.45, 7) is 9.90. The second-order valence-electron chi connectivity index (χ2n) is 6.12. The summed E-state index contributed by atoms with van der Waals surface area (Å²) in [7, 11) is 0. The molecule has 1 aliphatic heterocycles. The molecule has 4 N–H and O–H groups in total. The summed E-state index contributed by atoms with van der Waals surface area (Å²) in [5, 5.41) is 15.3. The van der Waals surface area contributed by atoms with E-state index in [0.29, 0.717) is 5.84 Å². The van der Waals surface area contributed by atoms with Crippen molar-refractivity contribution in [1.82, 2.24) is 10.2 Å². The molecule has 0 amide bonds. The molecule has 0 aromatic rings. The summed E-state index contributed by atoms with van der Waals surface area (Å²) >= 11 is 0. The van der Waals surface area contributed by atoms with Crippen LogP contribution in [0.1, 0.15) is 46.0 Å². The van der Waals surface area contributed by atoms with Gasteiger partial charge in [0.25, 0.3) is 0 Å². The first-order valence-electron chi connectivity index (χ1n) is 7.47. The van der Waals surface area contributed by atoms with Crippen molar-refractivity contribution in [2.24, 2.45) is 16.3 Å². The smallest absolute Gasteiger partial charge is 0.144 e. The van der Waals surface area contributed by atoms with Gasteiger partial charge in [0.15, 0.2) is 0 Å². The molecule has 0 aliphatic carbocycles. The molecule has 0 atom stereocenters. The van der Waals surface area contributed by atoms with Crippen LogP contribution in [0.5, 0.6) is 0 Å². The molecule has 1 aliphatic rings. The molecule has 0 aromatic heterocycles. The van der Waals surface area contributed by atoms with Crippen LogP contribution in [-0.2, 0) is 0 Å². The molecule has 0 unspecified atom stereocenters. The first-order valence-corrected chi connectivity index (χ1v) is 7.47. The van der Waals surface area contributed by atoms with E-state index in [2.05, 4.69) is 15.4 Å². The molecular weight excluding hydrogens is 240 g/mol. The molecule has 112 valence electrons. The quantitative estimate of drug-likeness (QED) is 0.196. The third-order valence-corrected chi connectivity index (χ3v) is 4.01. The molecule has 0 aromatic carbocycles. The van der Waals surface area contributed by atoms with Crippen molar-refractivity contribution in [2.75, 3.05) is 32.7 Å². The molecule has 5 nitrogen and oxygen atoms in total. The number of hydrogen-bond donors (Lipinski definition) is 3. The predicted octanol–water partition coefficient (Wildman–Crippen LogP) is 1.61. The molecule has 1 fully saturated rings. The highest BCUT2D eigenvalue weighted by atomic mass is 16.4. The van der Waals surface area contributed by atoms with Crippen molar-refractivity contribution in [2.45, 2.75) is 46.0 Å². The van der Waals surface area contributed by atoms with E-state index >= 15 is 0 Å². The minimum Gasteiger partial charge on any atom is -0.409 e. The van der Waals surface area contributed by atoms with E-state index in [1.54, 1.807) is 0 Å². The van der Waals surface area contributed by atoms with E-state index in [1.807, 2.05) is 13.8 Å². The average Bonchev–Trinajstić information content (AvgIpc) is 2.89. The summed E-state index contributed by atoms with van der Waals surface area (Å²) in [5.41, 5.74) is 5.46. The Morgan fingerprint density at radius 1 is 1.26 bits per heavy atom. The van der Waals surface area contributed by atoms with Gasteiger partial charge in [0.1, 0.15) is 5.84 Å². The van der Waals surface area contributed by atoms with Crippen LogP contribution in [0.25, 0.3) is 0 Å². The molecule has 1 saturated heterocycles. The van der Waals surface area contributed by atoms with E-state index in [4.69, 9.17) is 10.9 Å². The minimum absolute atomic E-state index is 0.204. The number of hydrogen-bond acceptors (Lipinski definition) is 4. The summed E-state index contributed by atoms with van der Waals surface area (Å²) in [5.74, 6) is 0.328. The lowest BCUT2D eigenvalue weighted by Crippen LogP contribution is -2.32. The Morgan fingerprint density at radius 3 is 2.58 bits per heavy atom. The van der Waals surface area contributed by atoms with Crippen LogP contribution < -0.4 is 11.1 Å². The summed E-state index contributed by atoms with van der Waals surface area (Å²) < 4.78 is 0. The molecule has 0 saturated carbocycles. The van der Waals surface area contributed by atoms with Gasteiger partial charge in [-0.2, -0.15) is 0 Å². The fourth-order valence-corrected chi connectivity index (χ4v) is 2.45. The van der Waals surface area contributed by atoms with Gasteiger partial charge in [0.2, 0.25) is 0 Å². The first kappa shape index (κ1) is 16.2. The highest BCUT2D eigenvalue weighted by Gasteiger charge is 2.22. The van der Waals surface area contributed by atoms with Gasteiger partial charge >= 0.3 is 0 Å². The second-order valence-corrected chi connectivity index (χ2v) is 6.12. The zero-order valence-corrected chi connectivity index (χ0v) is 12.5. The van der Waals surface area contributed by atoms with Crippen LogP contribution in [0.2, 0.25) is 0 Å². The van der Waals surface area contributed by atoms with Crippen molar-refractivity contribution < 1.29 is 5.21 Å². The predicted molar refractivity (Wildman–Crippen MR) is 79.6 cm³/mol. The Labute approximate surface area is 117 Å². The molecule has 19 heavy (non-hydrogen) atoms. The van der Waals surface area contributed by atoms with Gasteiger partial charge in [0, 0.05) is 18.5 Å². The van der Waals surface area contributed by atoms with Gasteiger partial charge in [-0.25, -0.2) is 0 Å². The molecule has 0 bridgehead atoms. The highest BCUT2D eigenvalue weighted by molar-refractivity contribution is 5.85. The lowest BCUT2D eigenvalue weighted by Gasteiger charge is -2.22. The van der Waals surface area contributed by atoms with Gasteiger partial charge in [-0.15, -0.1) is 0 Å².